The van der Waals surface area contributed by atoms with E-state index in [9.17, 15) is 4.79 Å². The van der Waals surface area contributed by atoms with Crippen LogP contribution in [0.1, 0.15) is 23.1 Å². The molecule has 0 saturated heterocycles. The molecule has 0 spiro atoms. The fraction of sp³-hybridized carbons (Fsp3) is 0.200. The summed E-state index contributed by atoms with van der Waals surface area (Å²) >= 11 is 0. The van der Waals surface area contributed by atoms with Crippen molar-refractivity contribution in [2.45, 2.75) is 13.3 Å². The van der Waals surface area contributed by atoms with E-state index in [-0.39, 0.29) is 11.6 Å². The Labute approximate surface area is 91.7 Å². The van der Waals surface area contributed by atoms with E-state index in [4.69, 9.17) is 0 Å². The highest BCUT2D eigenvalue weighted by Gasteiger charge is 2.16. The Morgan fingerprint density at radius 2 is 2.38 bits per heavy atom. The summed E-state index contributed by atoms with van der Waals surface area (Å²) in [5.41, 5.74) is 1.37. The van der Waals surface area contributed by atoms with Gasteiger partial charge in [-0.25, -0.2) is 4.63 Å². The first kappa shape index (κ1) is 10.3. The molecule has 2 aromatic rings. The molecule has 0 radical (unpaired) electrons. The maximum Gasteiger partial charge on any atom is 0.279 e. The third-order valence-electron chi connectivity index (χ3n) is 2.03. The number of hydrogen-bond donors (Lipinski definition) is 1. The normalized spacial score (nSPS) is 10.1. The van der Waals surface area contributed by atoms with Crippen LogP contribution in [0.2, 0.25) is 0 Å². The molecule has 82 valence electrons. The topological polar surface area (TPSA) is 80.9 Å². The number of pyridine rings is 1. The van der Waals surface area contributed by atoms with E-state index in [1.54, 1.807) is 24.5 Å². The average Bonchev–Trinajstić information content (AvgIpc) is 2.78. The predicted octanol–water partition coefficient (Wildman–Crippen LogP) is 1.28. The lowest BCUT2D eigenvalue weighted by Crippen LogP contribution is -2.14. The average molecular weight is 218 g/mol. The molecule has 2 aromatic heterocycles. The van der Waals surface area contributed by atoms with Crippen molar-refractivity contribution < 1.29 is 9.42 Å². The molecule has 2 rings (SSSR count). The third-order valence-corrected chi connectivity index (χ3v) is 2.03. The Morgan fingerprint density at radius 3 is 3.06 bits per heavy atom. The van der Waals surface area contributed by atoms with Gasteiger partial charge in [0.25, 0.3) is 5.91 Å². The lowest BCUT2D eigenvalue weighted by atomic mass is 10.2. The van der Waals surface area contributed by atoms with Crippen molar-refractivity contribution in [1.29, 1.82) is 0 Å². The number of rotatable bonds is 3. The van der Waals surface area contributed by atoms with Crippen molar-refractivity contribution in [1.82, 2.24) is 15.3 Å². The van der Waals surface area contributed by atoms with E-state index in [0.717, 1.165) is 0 Å². The van der Waals surface area contributed by atoms with Gasteiger partial charge in [-0.15, -0.1) is 0 Å². The van der Waals surface area contributed by atoms with Crippen LogP contribution in [-0.4, -0.2) is 21.2 Å². The first-order valence-corrected chi connectivity index (χ1v) is 4.84. The van der Waals surface area contributed by atoms with Gasteiger partial charge in [0.1, 0.15) is 5.69 Å². The summed E-state index contributed by atoms with van der Waals surface area (Å²) in [6, 6.07) is 3.47. The highest BCUT2D eigenvalue weighted by molar-refractivity contribution is 6.03. The molecule has 0 aliphatic heterocycles. The van der Waals surface area contributed by atoms with Gasteiger partial charge in [0.05, 0.1) is 11.9 Å². The predicted molar refractivity (Wildman–Crippen MR) is 55.9 cm³/mol. The lowest BCUT2D eigenvalue weighted by molar-refractivity contribution is 0.101. The second kappa shape index (κ2) is 4.52. The van der Waals surface area contributed by atoms with Crippen LogP contribution in [0.15, 0.2) is 29.2 Å². The zero-order valence-electron chi connectivity index (χ0n) is 8.67. The fourth-order valence-corrected chi connectivity index (χ4v) is 1.24. The molecular weight excluding hydrogens is 208 g/mol. The van der Waals surface area contributed by atoms with Gasteiger partial charge in [-0.3, -0.25) is 9.78 Å². The summed E-state index contributed by atoms with van der Waals surface area (Å²) in [4.78, 5) is 15.6. The Hall–Kier alpha value is -2.24. The molecule has 16 heavy (non-hydrogen) atoms. The van der Waals surface area contributed by atoms with Gasteiger partial charge in [0.2, 0.25) is 0 Å². The minimum atomic E-state index is -0.342. The molecule has 6 nitrogen and oxygen atoms in total. The minimum Gasteiger partial charge on any atom is -0.319 e. The zero-order valence-corrected chi connectivity index (χ0v) is 8.67. The van der Waals surface area contributed by atoms with E-state index in [0.29, 0.717) is 17.8 Å². The maximum absolute atomic E-state index is 11.8. The number of amides is 1. The molecule has 0 aromatic carbocycles. The number of nitrogens with zero attached hydrogens (tertiary/aromatic N) is 3. The van der Waals surface area contributed by atoms with Gasteiger partial charge in [-0.05, 0) is 23.7 Å². The van der Waals surface area contributed by atoms with Gasteiger partial charge in [0, 0.05) is 6.20 Å². The van der Waals surface area contributed by atoms with Gasteiger partial charge in [0.15, 0.2) is 5.69 Å². The van der Waals surface area contributed by atoms with Crippen molar-refractivity contribution in [3.05, 3.63) is 35.9 Å². The first-order chi connectivity index (χ1) is 7.81. The minimum absolute atomic E-state index is 0.214. The second-order valence-electron chi connectivity index (χ2n) is 3.11. The number of nitrogens with one attached hydrogen (secondary N) is 1. The molecule has 0 atom stereocenters. The van der Waals surface area contributed by atoms with E-state index in [1.807, 2.05) is 6.92 Å². The summed E-state index contributed by atoms with van der Waals surface area (Å²) in [5, 5.41) is 9.85. The SMILES string of the molecule is CCc1nonc1C(=O)Nc1cccnc1. The Morgan fingerprint density at radius 1 is 1.50 bits per heavy atom. The van der Waals surface area contributed by atoms with Crippen LogP contribution < -0.4 is 5.32 Å². The van der Waals surface area contributed by atoms with Crippen molar-refractivity contribution in [3.63, 3.8) is 0 Å². The van der Waals surface area contributed by atoms with Gasteiger partial charge in [-0.1, -0.05) is 12.1 Å². The van der Waals surface area contributed by atoms with Gasteiger partial charge in [-0.2, -0.15) is 0 Å². The van der Waals surface area contributed by atoms with Crippen LogP contribution >= 0.6 is 0 Å². The van der Waals surface area contributed by atoms with Crippen molar-refractivity contribution in [3.8, 4) is 0 Å². The standard InChI is InChI=1S/C10H10N4O2/c1-2-8-9(14-16-13-8)10(15)12-7-4-3-5-11-6-7/h3-6H,2H2,1H3,(H,12,15). The highest BCUT2D eigenvalue weighted by atomic mass is 16.6. The molecule has 6 heteroatoms. The number of carbonyl (C=O) groups excluding carboxylic acids is 1. The molecule has 0 bridgehead atoms. The summed E-state index contributed by atoms with van der Waals surface area (Å²) in [7, 11) is 0. The van der Waals surface area contributed by atoms with E-state index >= 15 is 0 Å². The largest absolute Gasteiger partial charge is 0.319 e. The Kier molecular flexibility index (Phi) is 2.90. The lowest BCUT2D eigenvalue weighted by Gasteiger charge is -2.01. The summed E-state index contributed by atoms with van der Waals surface area (Å²) in [6.45, 7) is 1.88. The van der Waals surface area contributed by atoms with Crippen LogP contribution in [0.3, 0.4) is 0 Å². The molecule has 1 N–H and O–H groups in total. The van der Waals surface area contributed by atoms with Crippen LogP contribution in [0.25, 0.3) is 0 Å². The van der Waals surface area contributed by atoms with Crippen LogP contribution in [0.4, 0.5) is 5.69 Å². The number of carbonyl (C=O) groups is 1. The third kappa shape index (κ3) is 2.05. The Balaban J connectivity index is 2.15. The molecule has 1 amide bonds. The van der Waals surface area contributed by atoms with Gasteiger partial charge < -0.3 is 5.32 Å². The monoisotopic (exact) mass is 218 g/mol. The second-order valence-corrected chi connectivity index (χ2v) is 3.11. The van der Waals surface area contributed by atoms with E-state index in [1.165, 1.54) is 0 Å². The number of aromatic nitrogens is 3. The van der Waals surface area contributed by atoms with Crippen molar-refractivity contribution in [2.24, 2.45) is 0 Å². The van der Waals surface area contributed by atoms with E-state index < -0.39 is 0 Å². The fourth-order valence-electron chi connectivity index (χ4n) is 1.24. The molecule has 0 fully saturated rings. The smallest absolute Gasteiger partial charge is 0.279 e. The molecule has 0 saturated carbocycles. The quantitative estimate of drug-likeness (QED) is 0.839. The van der Waals surface area contributed by atoms with Crippen molar-refractivity contribution in [2.75, 3.05) is 5.32 Å². The summed E-state index contributed by atoms with van der Waals surface area (Å²) in [6.07, 6.45) is 3.78. The Bertz CT molecular complexity index is 481. The number of anilines is 1. The van der Waals surface area contributed by atoms with Gasteiger partial charge >= 0.3 is 0 Å². The van der Waals surface area contributed by atoms with Crippen LogP contribution in [0.5, 0.6) is 0 Å². The first-order valence-electron chi connectivity index (χ1n) is 4.84. The molecule has 0 aliphatic carbocycles. The van der Waals surface area contributed by atoms with Crippen LogP contribution in [-0.2, 0) is 6.42 Å². The maximum atomic E-state index is 11.8. The summed E-state index contributed by atoms with van der Waals surface area (Å²) in [5.74, 6) is -0.342. The summed E-state index contributed by atoms with van der Waals surface area (Å²) < 4.78 is 4.52. The zero-order chi connectivity index (χ0) is 11.4. The number of hydrogen-bond acceptors (Lipinski definition) is 5. The molecule has 0 aliphatic rings. The van der Waals surface area contributed by atoms with Crippen molar-refractivity contribution >= 4 is 11.6 Å². The van der Waals surface area contributed by atoms with E-state index in [2.05, 4.69) is 25.2 Å². The van der Waals surface area contributed by atoms with Crippen LogP contribution in [0, 0.1) is 0 Å². The molecule has 2 heterocycles. The molecular formula is C10H10N4O2. The molecule has 0 unspecified atom stereocenters. The number of aryl methyl sites for hydroxylation is 1. The highest BCUT2D eigenvalue weighted by Crippen LogP contribution is 2.08.